The Morgan fingerprint density at radius 2 is 0.274 bits per heavy atom. The van der Waals surface area contributed by atoms with Crippen LogP contribution in [0.5, 0.6) is 0 Å². The molecule has 0 amide bonds. The van der Waals surface area contributed by atoms with Crippen LogP contribution in [0, 0.1) is 0 Å². The van der Waals surface area contributed by atoms with Gasteiger partial charge in [-0.1, -0.05) is 0 Å². The second-order valence-corrected chi connectivity index (χ2v) is 21.4. The van der Waals surface area contributed by atoms with Crippen molar-refractivity contribution in [2.24, 2.45) is 51.6 Å². The smallest absolute Gasteiger partial charge is 0.0456 e. The van der Waals surface area contributed by atoms with Gasteiger partial charge in [-0.3, -0.25) is 34.3 Å². The maximum atomic E-state index is 6.06. The molecule has 0 aromatic rings. The van der Waals surface area contributed by atoms with Gasteiger partial charge in [-0.2, -0.15) is 0 Å². The predicted molar refractivity (Wildman–Crippen MR) is 359 cm³/mol. The average Bonchev–Trinajstić information content (AvgIpc) is 3.50. The van der Waals surface area contributed by atoms with E-state index in [1.807, 2.05) is 0 Å². The zero-order valence-corrected chi connectivity index (χ0v) is 53.7. The van der Waals surface area contributed by atoms with E-state index >= 15 is 0 Å². The molecule has 0 spiro atoms. The van der Waals surface area contributed by atoms with E-state index in [1.165, 1.54) is 0 Å². The largest absolute Gasteiger partial charge is 0.329 e. The Hall–Kier alpha value is -1.16. The zero-order chi connectivity index (χ0) is 61.1. The predicted octanol–water partition coefficient (Wildman–Crippen LogP) is -11.6. The molecule has 0 saturated carbocycles. The molecule has 0 aliphatic carbocycles. The number of nitrogens with two attached hydrogens (primary N) is 9. The van der Waals surface area contributed by atoms with Gasteiger partial charge in [-0.25, -0.2) is 0 Å². The fourth-order valence-electron chi connectivity index (χ4n) is 9.38. The van der Waals surface area contributed by atoms with E-state index in [-0.39, 0.29) is 0 Å². The summed E-state index contributed by atoms with van der Waals surface area (Å²) in [6, 6.07) is 0. The van der Waals surface area contributed by atoms with Gasteiger partial charge < -0.3 is 121 Å². The molecule has 0 atom stereocenters. The first-order valence-corrected chi connectivity index (χ1v) is 33.0. The Labute approximate surface area is 513 Å². The third-order valence-electron chi connectivity index (χ3n) is 14.4. The molecule has 0 heterocycles. The topological polar surface area (TPSA) is 413 Å². The minimum Gasteiger partial charge on any atom is -0.329 e. The maximum Gasteiger partial charge on any atom is 0.0456 e. The van der Waals surface area contributed by atoms with Gasteiger partial charge in [0.1, 0.15) is 0 Å². The van der Waals surface area contributed by atoms with Crippen LogP contribution < -0.4 is 121 Å². The molecule has 0 aliphatic heterocycles. The van der Waals surface area contributed by atoms with Crippen molar-refractivity contribution >= 4 is 0 Å². The summed E-state index contributed by atoms with van der Waals surface area (Å²) in [4.78, 5) is 17.2. The highest BCUT2D eigenvalue weighted by atomic mass is 15.2. The Morgan fingerprint density at radius 3 is 0.464 bits per heavy atom. The van der Waals surface area contributed by atoms with Gasteiger partial charge in [-0.15, -0.1) is 0 Å². The van der Waals surface area contributed by atoms with Gasteiger partial charge in [0.15, 0.2) is 0 Å². The quantitative estimate of drug-likeness (QED) is 0.0199. The molecule has 0 saturated heterocycles. The van der Waals surface area contributed by atoms with Gasteiger partial charge in [0.25, 0.3) is 0 Å². The molecule has 0 radical (unpaired) electrons. The normalized spacial score (nSPS) is 12.3. The summed E-state index contributed by atoms with van der Waals surface area (Å²) in [6.07, 6.45) is 0. The van der Waals surface area contributed by atoms with Gasteiger partial charge >= 0.3 is 0 Å². The minimum absolute atomic E-state index is 0.553. The Kier molecular flexibility index (Phi) is 68.4. The molecule has 0 unspecified atom stereocenters. The van der Waals surface area contributed by atoms with E-state index in [1.54, 1.807) is 0 Å². The number of nitrogens with one attached hydrogen (secondary N) is 13. The standard InChI is InChI=1S/C55H141N29/c56-1-9-65-21-44-81(45-22-66-10-2-57)46-30-76-32-49-82(47-23-67-11-3-58)53-54-83(50-31-75-28-42-80(38-8-63)43-29-77-34-52-84(55-64)51-33-68-12-4-59)48-27-72-18-16-70-14-13-69-15-17-71-25-40-79(37-7-62)41-26-74-20-19-73-24-39-78(35-5-60)36-6-61/h65-77H,1-64H2. The summed E-state index contributed by atoms with van der Waals surface area (Å²) in [6.45, 7) is 49.0. The molecular weight excluding hydrogens is 1070 g/mol. The summed E-state index contributed by atoms with van der Waals surface area (Å²) in [5.74, 6) is 0. The summed E-state index contributed by atoms with van der Waals surface area (Å²) < 4.78 is 0. The van der Waals surface area contributed by atoms with Crippen molar-refractivity contribution in [1.29, 1.82) is 0 Å². The average molecular weight is 1210 g/mol. The molecule has 0 aromatic carbocycles. The molecule has 0 rings (SSSR count). The molecule has 31 N–H and O–H groups in total. The maximum absolute atomic E-state index is 6.06. The van der Waals surface area contributed by atoms with Crippen LogP contribution in [0.15, 0.2) is 0 Å². The number of hydrogen-bond acceptors (Lipinski definition) is 29. The molecule has 29 heteroatoms. The van der Waals surface area contributed by atoms with Crippen LogP contribution in [0.2, 0.25) is 0 Å². The van der Waals surface area contributed by atoms with Crippen LogP contribution in [-0.2, 0) is 0 Å². The molecule has 0 aliphatic rings. The second kappa shape index (κ2) is 69.3. The Bertz CT molecular complexity index is 1210. The number of hydrogen-bond donors (Lipinski definition) is 22. The monoisotopic (exact) mass is 1210 g/mol. The second-order valence-electron chi connectivity index (χ2n) is 21.4. The first-order chi connectivity index (χ1) is 41.4. The Morgan fingerprint density at radius 1 is 0.131 bits per heavy atom. The summed E-state index contributed by atoms with van der Waals surface area (Å²) in [5.41, 5.74) is 52.3. The molecule has 84 heavy (non-hydrogen) atoms. The molecule has 0 fully saturated rings. The van der Waals surface area contributed by atoms with E-state index in [4.69, 9.17) is 51.6 Å². The number of nitrogens with zero attached hydrogens (tertiary/aromatic N) is 7. The summed E-state index contributed by atoms with van der Waals surface area (Å²) in [5, 5.41) is 46.5. The van der Waals surface area contributed by atoms with Gasteiger partial charge in [0, 0.05) is 360 Å². The van der Waals surface area contributed by atoms with Gasteiger partial charge in [0.2, 0.25) is 0 Å². The van der Waals surface area contributed by atoms with Crippen molar-refractivity contribution in [2.75, 3.05) is 360 Å². The molecular formula is C55H141N29. The van der Waals surface area contributed by atoms with Crippen molar-refractivity contribution in [3.05, 3.63) is 0 Å². The van der Waals surface area contributed by atoms with E-state index in [9.17, 15) is 0 Å². The van der Waals surface area contributed by atoms with Crippen LogP contribution in [0.1, 0.15) is 0 Å². The molecule has 506 valence electrons. The zero-order valence-electron chi connectivity index (χ0n) is 53.7. The van der Waals surface area contributed by atoms with Crippen LogP contribution in [-0.4, -0.2) is 394 Å². The van der Waals surface area contributed by atoms with Crippen molar-refractivity contribution < 1.29 is 0 Å². The van der Waals surface area contributed by atoms with Gasteiger partial charge in [0.05, 0.1) is 0 Å². The van der Waals surface area contributed by atoms with Crippen LogP contribution in [0.3, 0.4) is 0 Å². The first kappa shape index (κ1) is 82.8. The lowest BCUT2D eigenvalue weighted by molar-refractivity contribution is 0.201. The van der Waals surface area contributed by atoms with Crippen LogP contribution in [0.4, 0.5) is 0 Å². The van der Waals surface area contributed by atoms with E-state index in [0.29, 0.717) is 59.0 Å². The highest BCUT2D eigenvalue weighted by molar-refractivity contribution is 4.73. The molecule has 0 aromatic heterocycles. The van der Waals surface area contributed by atoms with Crippen molar-refractivity contribution in [2.45, 2.75) is 0 Å². The Balaban J connectivity index is 4.98. The third-order valence-corrected chi connectivity index (χ3v) is 14.4. The van der Waals surface area contributed by atoms with Gasteiger partial charge in [-0.05, 0) is 0 Å². The van der Waals surface area contributed by atoms with E-state index in [0.717, 1.165) is 301 Å². The lowest BCUT2D eigenvalue weighted by Gasteiger charge is -2.29. The highest BCUT2D eigenvalue weighted by Crippen LogP contribution is 1.95. The SMILES string of the molecule is NCCNCCN(CN)CCNCCN(CCN)CCNCCN(CCNCCNCCNCCNCCN(CCN)CCNCCNCCN(CCN)CCN)CCN(CCNCCN)CCNCCN(CCNCCN)CCNCCN. The van der Waals surface area contributed by atoms with Crippen molar-refractivity contribution in [1.82, 2.24) is 103 Å². The summed E-state index contributed by atoms with van der Waals surface area (Å²) >= 11 is 0. The lowest BCUT2D eigenvalue weighted by atomic mass is 10.3. The van der Waals surface area contributed by atoms with Crippen molar-refractivity contribution in [3.8, 4) is 0 Å². The molecule has 0 bridgehead atoms. The van der Waals surface area contributed by atoms with E-state index in [2.05, 4.69) is 103 Å². The van der Waals surface area contributed by atoms with Crippen LogP contribution >= 0.6 is 0 Å². The fourth-order valence-corrected chi connectivity index (χ4v) is 9.38. The molecule has 29 nitrogen and oxygen atoms in total. The first-order valence-electron chi connectivity index (χ1n) is 33.0. The van der Waals surface area contributed by atoms with E-state index < -0.39 is 0 Å². The lowest BCUT2D eigenvalue weighted by Crippen LogP contribution is -2.46. The third kappa shape index (κ3) is 58.5. The minimum atomic E-state index is 0.553. The fraction of sp³-hybridized carbons (Fsp3) is 1.00. The van der Waals surface area contributed by atoms with Crippen LogP contribution in [0.25, 0.3) is 0 Å². The highest BCUT2D eigenvalue weighted by Gasteiger charge is 2.12. The summed E-state index contributed by atoms with van der Waals surface area (Å²) in [7, 11) is 0. The van der Waals surface area contributed by atoms with Crippen molar-refractivity contribution in [3.63, 3.8) is 0 Å². The number of rotatable bonds is 74.